The minimum absolute atomic E-state index is 0.0377. The standard InChI is InChI=1S/C26H26N2O4S/c1-16(2)32-20-8-5-7-17(15-20)24(29)22-23(21-9-6-14-33-21)28(26(31)25(22)30)19-12-10-18(11-13-19)27(3)4/h5-16,23,29H,1-4H3/b24-22-. The van der Waals surface area contributed by atoms with E-state index in [1.165, 1.54) is 16.2 Å². The molecule has 1 aliphatic heterocycles. The summed E-state index contributed by atoms with van der Waals surface area (Å²) in [6, 6.07) is 17.4. The normalized spacial score (nSPS) is 17.6. The van der Waals surface area contributed by atoms with E-state index in [0.29, 0.717) is 17.0 Å². The zero-order valence-corrected chi connectivity index (χ0v) is 19.8. The van der Waals surface area contributed by atoms with Gasteiger partial charge in [0.2, 0.25) is 0 Å². The lowest BCUT2D eigenvalue weighted by Crippen LogP contribution is -2.29. The Labute approximate surface area is 197 Å². The highest BCUT2D eigenvalue weighted by Crippen LogP contribution is 2.44. The van der Waals surface area contributed by atoms with Crippen molar-refractivity contribution < 1.29 is 19.4 Å². The summed E-state index contributed by atoms with van der Waals surface area (Å²) in [4.78, 5) is 30.6. The number of thiophene rings is 1. The predicted molar refractivity (Wildman–Crippen MR) is 132 cm³/mol. The van der Waals surface area contributed by atoms with Gasteiger partial charge < -0.3 is 14.7 Å². The van der Waals surface area contributed by atoms with Crippen molar-refractivity contribution in [3.63, 3.8) is 0 Å². The third-order valence-corrected chi connectivity index (χ3v) is 6.31. The molecule has 7 heteroatoms. The number of aliphatic hydroxyl groups excluding tert-OH is 1. The van der Waals surface area contributed by atoms with Crippen LogP contribution in [0.1, 0.15) is 30.3 Å². The van der Waals surface area contributed by atoms with E-state index in [2.05, 4.69) is 0 Å². The second-order valence-corrected chi connectivity index (χ2v) is 9.27. The van der Waals surface area contributed by atoms with E-state index in [1.807, 2.05) is 74.6 Å². The first-order chi connectivity index (χ1) is 15.8. The van der Waals surface area contributed by atoms with Crippen LogP contribution in [0.4, 0.5) is 11.4 Å². The van der Waals surface area contributed by atoms with Crippen molar-refractivity contribution >= 4 is 40.2 Å². The fraction of sp³-hybridized carbons (Fsp3) is 0.231. The average molecular weight is 463 g/mol. The van der Waals surface area contributed by atoms with Crippen molar-refractivity contribution in [2.24, 2.45) is 0 Å². The molecular formula is C26H26N2O4S. The zero-order chi connectivity index (χ0) is 23.7. The van der Waals surface area contributed by atoms with Gasteiger partial charge in [-0.05, 0) is 61.7 Å². The van der Waals surface area contributed by atoms with Crippen molar-refractivity contribution in [1.29, 1.82) is 0 Å². The van der Waals surface area contributed by atoms with Crippen LogP contribution in [0.2, 0.25) is 0 Å². The van der Waals surface area contributed by atoms with Gasteiger partial charge >= 0.3 is 0 Å². The molecule has 1 N–H and O–H groups in total. The highest BCUT2D eigenvalue weighted by molar-refractivity contribution is 7.10. The maximum absolute atomic E-state index is 13.2. The largest absolute Gasteiger partial charge is 0.507 e. The lowest BCUT2D eigenvalue weighted by Gasteiger charge is -2.25. The van der Waals surface area contributed by atoms with Crippen molar-refractivity contribution in [2.45, 2.75) is 26.0 Å². The van der Waals surface area contributed by atoms with E-state index in [1.54, 1.807) is 24.3 Å². The molecule has 3 aromatic rings. The molecule has 1 amide bonds. The third-order valence-electron chi connectivity index (χ3n) is 5.38. The number of Topliss-reactive ketones (excluding diaryl/α,β-unsaturated/α-hetero) is 1. The van der Waals surface area contributed by atoms with Crippen LogP contribution in [0.5, 0.6) is 5.75 Å². The van der Waals surface area contributed by atoms with Crippen molar-refractivity contribution in [3.8, 4) is 5.75 Å². The summed E-state index contributed by atoms with van der Waals surface area (Å²) in [7, 11) is 3.87. The zero-order valence-electron chi connectivity index (χ0n) is 19.0. The number of aliphatic hydroxyl groups is 1. The summed E-state index contributed by atoms with van der Waals surface area (Å²) >= 11 is 1.43. The number of rotatable bonds is 6. The number of carbonyl (C=O) groups is 2. The van der Waals surface area contributed by atoms with E-state index >= 15 is 0 Å². The topological polar surface area (TPSA) is 70.1 Å². The third kappa shape index (κ3) is 4.36. The van der Waals surface area contributed by atoms with E-state index in [-0.39, 0.29) is 17.4 Å². The van der Waals surface area contributed by atoms with Crippen molar-refractivity contribution in [2.75, 3.05) is 23.9 Å². The molecule has 1 saturated heterocycles. The molecule has 1 atom stereocenters. The van der Waals surface area contributed by atoms with Crippen LogP contribution >= 0.6 is 11.3 Å². The molecule has 2 heterocycles. The summed E-state index contributed by atoms with van der Waals surface area (Å²) < 4.78 is 5.74. The van der Waals surface area contributed by atoms with Crippen molar-refractivity contribution in [1.82, 2.24) is 0 Å². The fourth-order valence-corrected chi connectivity index (χ4v) is 4.69. The van der Waals surface area contributed by atoms with Crippen LogP contribution in [0.3, 0.4) is 0 Å². The first-order valence-corrected chi connectivity index (χ1v) is 11.5. The molecule has 1 aliphatic rings. The number of benzene rings is 2. The molecule has 0 aliphatic carbocycles. The molecular weight excluding hydrogens is 436 g/mol. The summed E-state index contributed by atoms with van der Waals surface area (Å²) in [5.74, 6) is -1.01. The Morgan fingerprint density at radius 3 is 2.39 bits per heavy atom. The quantitative estimate of drug-likeness (QED) is 0.309. The van der Waals surface area contributed by atoms with Crippen LogP contribution in [0.25, 0.3) is 5.76 Å². The predicted octanol–water partition coefficient (Wildman–Crippen LogP) is 5.23. The first-order valence-electron chi connectivity index (χ1n) is 10.7. The van der Waals surface area contributed by atoms with E-state index in [4.69, 9.17) is 4.74 Å². The number of carbonyl (C=O) groups excluding carboxylic acids is 2. The van der Waals surface area contributed by atoms with Gasteiger partial charge in [0.05, 0.1) is 11.7 Å². The Balaban J connectivity index is 1.84. The van der Waals surface area contributed by atoms with Crippen molar-refractivity contribution in [3.05, 3.63) is 82.1 Å². The monoisotopic (exact) mass is 462 g/mol. The maximum Gasteiger partial charge on any atom is 0.300 e. The SMILES string of the molecule is CC(C)Oc1cccc(/C(O)=C2/C(=O)C(=O)N(c3ccc(N(C)C)cc3)C2c2cccs2)c1. The molecule has 6 nitrogen and oxygen atoms in total. The van der Waals surface area contributed by atoms with Crippen LogP contribution in [-0.4, -0.2) is 37.0 Å². The highest BCUT2D eigenvalue weighted by atomic mass is 32.1. The molecule has 1 fully saturated rings. The Kier molecular flexibility index (Phi) is 6.24. The highest BCUT2D eigenvalue weighted by Gasteiger charge is 2.47. The van der Waals surface area contributed by atoms with Gasteiger partial charge in [0, 0.05) is 35.9 Å². The molecule has 0 bridgehead atoms. The number of hydrogen-bond acceptors (Lipinski definition) is 6. The van der Waals surface area contributed by atoms with Gasteiger partial charge in [0.15, 0.2) is 0 Å². The Hall–Kier alpha value is -3.58. The van der Waals surface area contributed by atoms with E-state index < -0.39 is 17.7 Å². The second kappa shape index (κ2) is 9.11. The number of anilines is 2. The van der Waals surface area contributed by atoms with Gasteiger partial charge in [0.25, 0.3) is 11.7 Å². The number of nitrogens with zero attached hydrogens (tertiary/aromatic N) is 2. The lowest BCUT2D eigenvalue weighted by molar-refractivity contribution is -0.132. The smallest absolute Gasteiger partial charge is 0.300 e. The van der Waals surface area contributed by atoms with Crippen LogP contribution in [0, 0.1) is 0 Å². The van der Waals surface area contributed by atoms with E-state index in [0.717, 1.165) is 10.6 Å². The van der Waals surface area contributed by atoms with Gasteiger partial charge in [-0.2, -0.15) is 0 Å². The molecule has 0 radical (unpaired) electrons. The number of hydrogen-bond donors (Lipinski definition) is 1. The Morgan fingerprint density at radius 1 is 1.06 bits per heavy atom. The minimum Gasteiger partial charge on any atom is -0.507 e. The fourth-order valence-electron chi connectivity index (χ4n) is 3.87. The van der Waals surface area contributed by atoms with Gasteiger partial charge in [-0.1, -0.05) is 18.2 Å². The number of amides is 1. The molecule has 0 saturated carbocycles. The van der Waals surface area contributed by atoms with Crippen LogP contribution < -0.4 is 14.5 Å². The molecule has 0 spiro atoms. The number of ketones is 1. The van der Waals surface area contributed by atoms with Crippen LogP contribution in [0.15, 0.2) is 71.6 Å². The Morgan fingerprint density at radius 2 is 1.79 bits per heavy atom. The molecule has 33 heavy (non-hydrogen) atoms. The summed E-state index contributed by atoms with van der Waals surface area (Å²) in [5, 5.41) is 13.1. The molecule has 4 rings (SSSR count). The van der Waals surface area contributed by atoms with Gasteiger partial charge in [0.1, 0.15) is 17.6 Å². The minimum atomic E-state index is -0.718. The average Bonchev–Trinajstić information content (AvgIpc) is 3.40. The van der Waals surface area contributed by atoms with Crippen LogP contribution in [-0.2, 0) is 9.59 Å². The Bertz CT molecular complexity index is 1200. The van der Waals surface area contributed by atoms with E-state index in [9.17, 15) is 14.7 Å². The lowest BCUT2D eigenvalue weighted by atomic mass is 9.99. The maximum atomic E-state index is 13.2. The molecule has 1 unspecified atom stereocenters. The number of ether oxygens (including phenoxy) is 1. The molecule has 1 aromatic heterocycles. The molecule has 2 aromatic carbocycles. The van der Waals surface area contributed by atoms with Gasteiger partial charge in [-0.3, -0.25) is 14.5 Å². The second-order valence-electron chi connectivity index (χ2n) is 8.29. The van der Waals surface area contributed by atoms with Gasteiger partial charge in [-0.25, -0.2) is 0 Å². The van der Waals surface area contributed by atoms with Gasteiger partial charge in [-0.15, -0.1) is 11.3 Å². The first kappa shape index (κ1) is 22.6. The summed E-state index contributed by atoms with van der Waals surface area (Å²) in [6.07, 6.45) is -0.0377. The summed E-state index contributed by atoms with van der Waals surface area (Å²) in [5.41, 5.74) is 2.07. The summed E-state index contributed by atoms with van der Waals surface area (Å²) in [6.45, 7) is 3.83. The molecule has 170 valence electrons.